The number of hydrogen-bond acceptors (Lipinski definition) is 4. The van der Waals surface area contributed by atoms with Gasteiger partial charge in [-0.1, -0.05) is 6.07 Å². The van der Waals surface area contributed by atoms with E-state index in [0.29, 0.717) is 25.1 Å². The summed E-state index contributed by atoms with van der Waals surface area (Å²) in [5, 5.41) is 9.58. The Morgan fingerprint density at radius 3 is 2.80 bits per heavy atom. The smallest absolute Gasteiger partial charge is 0.338 e. The van der Waals surface area contributed by atoms with Crippen LogP contribution in [0, 0.1) is 0 Å². The van der Waals surface area contributed by atoms with Crippen LogP contribution in [-0.4, -0.2) is 24.2 Å². The molecule has 0 aliphatic carbocycles. The number of phenolic OH excluding ortho intramolecular Hbond substituents is 1. The van der Waals surface area contributed by atoms with Crippen molar-refractivity contribution in [2.24, 2.45) is 5.73 Å². The highest BCUT2D eigenvalue weighted by Gasteiger charge is 2.09. The molecule has 0 amide bonds. The van der Waals surface area contributed by atoms with Crippen LogP contribution in [0.2, 0.25) is 0 Å². The Bertz CT molecular complexity index is 350. The standard InChI is InChI=1S/C11H15NO3/c1-2-15-11(14)9-4-3-8(5-6-12)10(13)7-9/h3-4,7,13H,2,5-6,12H2,1H3. The number of carbonyl (C=O) groups excluding carboxylic acids is 1. The number of nitrogens with two attached hydrogens (primary N) is 1. The van der Waals surface area contributed by atoms with Crippen molar-refractivity contribution >= 4 is 5.97 Å². The van der Waals surface area contributed by atoms with Crippen molar-refractivity contribution in [2.45, 2.75) is 13.3 Å². The predicted octanol–water partition coefficient (Wildman–Crippen LogP) is 1.07. The average Bonchev–Trinajstić information content (AvgIpc) is 2.21. The fraction of sp³-hybridized carbons (Fsp3) is 0.364. The molecule has 82 valence electrons. The minimum absolute atomic E-state index is 0.0889. The zero-order valence-corrected chi connectivity index (χ0v) is 8.69. The van der Waals surface area contributed by atoms with E-state index in [0.717, 1.165) is 5.56 Å². The molecular formula is C11H15NO3. The van der Waals surface area contributed by atoms with E-state index in [2.05, 4.69) is 0 Å². The lowest BCUT2D eigenvalue weighted by Gasteiger charge is -2.05. The van der Waals surface area contributed by atoms with Crippen molar-refractivity contribution in [2.75, 3.05) is 13.2 Å². The van der Waals surface area contributed by atoms with E-state index in [9.17, 15) is 9.90 Å². The molecule has 0 unspecified atom stereocenters. The fourth-order valence-electron chi connectivity index (χ4n) is 1.27. The van der Waals surface area contributed by atoms with Gasteiger partial charge in [0.05, 0.1) is 12.2 Å². The van der Waals surface area contributed by atoms with Gasteiger partial charge in [0, 0.05) is 0 Å². The van der Waals surface area contributed by atoms with Crippen molar-refractivity contribution in [1.29, 1.82) is 0 Å². The van der Waals surface area contributed by atoms with Crippen molar-refractivity contribution in [3.8, 4) is 5.75 Å². The second-order valence-corrected chi connectivity index (χ2v) is 3.10. The Hall–Kier alpha value is -1.55. The van der Waals surface area contributed by atoms with Gasteiger partial charge in [-0.2, -0.15) is 0 Å². The minimum Gasteiger partial charge on any atom is -0.508 e. The summed E-state index contributed by atoms with van der Waals surface area (Å²) in [6, 6.07) is 4.72. The van der Waals surface area contributed by atoms with Gasteiger partial charge >= 0.3 is 5.97 Å². The number of carbonyl (C=O) groups is 1. The summed E-state index contributed by atoms with van der Waals surface area (Å²) in [6.45, 7) is 2.52. The molecule has 1 aromatic carbocycles. The summed E-state index contributed by atoms with van der Waals surface area (Å²) >= 11 is 0. The maximum Gasteiger partial charge on any atom is 0.338 e. The fourth-order valence-corrected chi connectivity index (χ4v) is 1.27. The molecule has 15 heavy (non-hydrogen) atoms. The van der Waals surface area contributed by atoms with Crippen LogP contribution < -0.4 is 5.73 Å². The molecule has 4 nitrogen and oxygen atoms in total. The largest absolute Gasteiger partial charge is 0.508 e. The zero-order valence-electron chi connectivity index (χ0n) is 8.69. The van der Waals surface area contributed by atoms with Crippen LogP contribution in [0.1, 0.15) is 22.8 Å². The lowest BCUT2D eigenvalue weighted by atomic mass is 10.1. The van der Waals surface area contributed by atoms with Crippen molar-refractivity contribution in [3.05, 3.63) is 29.3 Å². The molecule has 1 aromatic rings. The predicted molar refractivity (Wildman–Crippen MR) is 56.8 cm³/mol. The molecule has 0 aliphatic rings. The highest BCUT2D eigenvalue weighted by molar-refractivity contribution is 5.90. The number of hydrogen-bond donors (Lipinski definition) is 2. The van der Waals surface area contributed by atoms with Crippen LogP contribution in [0.3, 0.4) is 0 Å². The van der Waals surface area contributed by atoms with Gasteiger partial charge in [-0.15, -0.1) is 0 Å². The minimum atomic E-state index is -0.424. The Morgan fingerprint density at radius 2 is 2.27 bits per heavy atom. The first-order valence-corrected chi connectivity index (χ1v) is 4.88. The van der Waals surface area contributed by atoms with Crippen LogP contribution in [0.5, 0.6) is 5.75 Å². The first kappa shape index (κ1) is 11.5. The molecule has 0 aliphatic heterocycles. The van der Waals surface area contributed by atoms with Gasteiger partial charge in [-0.25, -0.2) is 4.79 Å². The van der Waals surface area contributed by atoms with Gasteiger partial charge in [0.1, 0.15) is 5.75 Å². The third-order valence-electron chi connectivity index (χ3n) is 2.01. The van der Waals surface area contributed by atoms with Gasteiger partial charge in [-0.3, -0.25) is 0 Å². The molecule has 0 fully saturated rings. The second kappa shape index (κ2) is 5.36. The van der Waals surface area contributed by atoms with Gasteiger partial charge < -0.3 is 15.6 Å². The molecule has 0 spiro atoms. The lowest BCUT2D eigenvalue weighted by molar-refractivity contribution is 0.0526. The van der Waals surface area contributed by atoms with E-state index < -0.39 is 5.97 Å². The Morgan fingerprint density at radius 1 is 1.53 bits per heavy atom. The SMILES string of the molecule is CCOC(=O)c1ccc(CCN)c(O)c1. The van der Waals surface area contributed by atoms with Crippen LogP contribution in [0.4, 0.5) is 0 Å². The van der Waals surface area contributed by atoms with E-state index in [1.54, 1.807) is 19.1 Å². The van der Waals surface area contributed by atoms with E-state index in [1.807, 2.05) is 0 Å². The van der Waals surface area contributed by atoms with E-state index in [-0.39, 0.29) is 5.75 Å². The number of esters is 1. The summed E-state index contributed by atoms with van der Waals surface area (Å²) in [5.74, 6) is -0.335. The molecule has 0 saturated heterocycles. The highest BCUT2D eigenvalue weighted by Crippen LogP contribution is 2.19. The first-order chi connectivity index (χ1) is 7.19. The van der Waals surface area contributed by atoms with Crippen molar-refractivity contribution in [3.63, 3.8) is 0 Å². The van der Waals surface area contributed by atoms with Crippen LogP contribution in [0.25, 0.3) is 0 Å². The van der Waals surface area contributed by atoms with Crippen LogP contribution in [-0.2, 0) is 11.2 Å². The Kier molecular flexibility index (Phi) is 4.12. The zero-order chi connectivity index (χ0) is 11.3. The van der Waals surface area contributed by atoms with Crippen molar-refractivity contribution in [1.82, 2.24) is 0 Å². The summed E-state index contributed by atoms with van der Waals surface area (Å²) < 4.78 is 4.81. The van der Waals surface area contributed by atoms with E-state index in [1.165, 1.54) is 6.07 Å². The van der Waals surface area contributed by atoms with Crippen molar-refractivity contribution < 1.29 is 14.6 Å². The molecule has 0 atom stereocenters. The number of phenols is 1. The quantitative estimate of drug-likeness (QED) is 0.727. The number of benzene rings is 1. The molecule has 0 bridgehead atoms. The number of aromatic hydroxyl groups is 1. The normalized spacial score (nSPS) is 10.0. The van der Waals surface area contributed by atoms with E-state index >= 15 is 0 Å². The maximum absolute atomic E-state index is 11.3. The van der Waals surface area contributed by atoms with Gasteiger partial charge in [-0.05, 0) is 37.6 Å². The van der Waals surface area contributed by atoms with Crippen LogP contribution in [0.15, 0.2) is 18.2 Å². The second-order valence-electron chi connectivity index (χ2n) is 3.10. The van der Waals surface area contributed by atoms with E-state index in [4.69, 9.17) is 10.5 Å². The average molecular weight is 209 g/mol. The molecule has 4 heteroatoms. The Labute approximate surface area is 88.7 Å². The molecule has 0 saturated carbocycles. The van der Waals surface area contributed by atoms with Gasteiger partial charge in [0.2, 0.25) is 0 Å². The molecule has 3 N–H and O–H groups in total. The number of rotatable bonds is 4. The molecular weight excluding hydrogens is 194 g/mol. The monoisotopic (exact) mass is 209 g/mol. The summed E-state index contributed by atoms with van der Waals surface area (Å²) in [5.41, 5.74) is 6.47. The molecule has 1 rings (SSSR count). The topological polar surface area (TPSA) is 72.5 Å². The van der Waals surface area contributed by atoms with Crippen LogP contribution >= 0.6 is 0 Å². The van der Waals surface area contributed by atoms with Gasteiger partial charge in [0.15, 0.2) is 0 Å². The summed E-state index contributed by atoms with van der Waals surface area (Å²) in [7, 11) is 0. The summed E-state index contributed by atoms with van der Waals surface area (Å²) in [6.07, 6.45) is 0.592. The molecule has 0 radical (unpaired) electrons. The third-order valence-corrected chi connectivity index (χ3v) is 2.01. The molecule has 0 aromatic heterocycles. The third kappa shape index (κ3) is 2.95. The first-order valence-electron chi connectivity index (χ1n) is 4.88. The lowest BCUT2D eigenvalue weighted by Crippen LogP contribution is -2.06. The van der Waals surface area contributed by atoms with Gasteiger partial charge in [0.25, 0.3) is 0 Å². The maximum atomic E-state index is 11.3. The summed E-state index contributed by atoms with van der Waals surface area (Å²) in [4.78, 5) is 11.3. The molecule has 0 heterocycles. The highest BCUT2D eigenvalue weighted by atomic mass is 16.5. The Balaban J connectivity index is 2.86. The number of ether oxygens (including phenoxy) is 1.